The van der Waals surface area contributed by atoms with Crippen LogP contribution in [-0.4, -0.2) is 26.3 Å². The topological polar surface area (TPSA) is 44.5 Å². The molecule has 0 amide bonds. The van der Waals surface area contributed by atoms with Crippen molar-refractivity contribution >= 4 is 7.12 Å². The van der Waals surface area contributed by atoms with Gasteiger partial charge in [0.2, 0.25) is 0 Å². The first-order valence-electron chi connectivity index (χ1n) is 4.89. The van der Waals surface area contributed by atoms with E-state index in [0.717, 1.165) is 6.42 Å². The Morgan fingerprint density at radius 1 is 1.21 bits per heavy atom. The summed E-state index contributed by atoms with van der Waals surface area (Å²) in [7, 11) is -0.227. The first-order valence-corrected chi connectivity index (χ1v) is 4.89. The molecule has 74 valence electrons. The van der Waals surface area contributed by atoms with E-state index in [1.807, 2.05) is 18.2 Å². The monoisotopic (exact) mass is 191 g/mol. The van der Waals surface area contributed by atoms with Crippen LogP contribution in [0.3, 0.4) is 0 Å². The minimum absolute atomic E-state index is 0.0695. The van der Waals surface area contributed by atoms with Gasteiger partial charge in [0.25, 0.3) is 0 Å². The van der Waals surface area contributed by atoms with E-state index in [-0.39, 0.29) is 13.1 Å². The quantitative estimate of drug-likeness (QED) is 0.712. The summed E-state index contributed by atoms with van der Waals surface area (Å²) in [6.07, 6.45) is 0.797. The average Bonchev–Trinajstić information content (AvgIpc) is 2.72. The van der Waals surface area contributed by atoms with Crippen molar-refractivity contribution in [1.29, 1.82) is 0 Å². The molecule has 1 aliphatic heterocycles. The highest BCUT2D eigenvalue weighted by atomic mass is 16.6. The summed E-state index contributed by atoms with van der Waals surface area (Å²) in [6.45, 7) is 1.32. The van der Waals surface area contributed by atoms with Crippen LogP contribution < -0.4 is 5.73 Å². The van der Waals surface area contributed by atoms with Gasteiger partial charge in [0.05, 0.1) is 13.2 Å². The van der Waals surface area contributed by atoms with Crippen LogP contribution in [0.25, 0.3) is 0 Å². The lowest BCUT2D eigenvalue weighted by Gasteiger charge is -2.13. The molecular weight excluding hydrogens is 177 g/mol. The van der Waals surface area contributed by atoms with E-state index in [1.54, 1.807) is 0 Å². The molecule has 0 spiro atoms. The van der Waals surface area contributed by atoms with Crippen LogP contribution in [0.2, 0.25) is 0 Å². The summed E-state index contributed by atoms with van der Waals surface area (Å²) in [5.41, 5.74) is 7.18. The van der Waals surface area contributed by atoms with Gasteiger partial charge < -0.3 is 15.0 Å². The van der Waals surface area contributed by atoms with Crippen molar-refractivity contribution in [3.63, 3.8) is 0 Å². The van der Waals surface area contributed by atoms with Gasteiger partial charge in [-0.15, -0.1) is 0 Å². The van der Waals surface area contributed by atoms with Crippen molar-refractivity contribution < 1.29 is 9.31 Å². The predicted molar refractivity (Wildman–Crippen MR) is 55.8 cm³/mol. The third kappa shape index (κ3) is 2.35. The van der Waals surface area contributed by atoms with Gasteiger partial charge in [-0.3, -0.25) is 0 Å². The smallest absolute Gasteiger partial charge is 0.408 e. The van der Waals surface area contributed by atoms with Crippen molar-refractivity contribution in [3.05, 3.63) is 35.9 Å². The van der Waals surface area contributed by atoms with E-state index in [1.165, 1.54) is 5.56 Å². The van der Waals surface area contributed by atoms with Crippen LogP contribution in [0.1, 0.15) is 5.56 Å². The van der Waals surface area contributed by atoms with Crippen LogP contribution in [-0.2, 0) is 15.7 Å². The molecule has 0 saturated carbocycles. The molecule has 4 heteroatoms. The molecular formula is C10H14BNO2. The Kier molecular flexibility index (Phi) is 3.19. The summed E-state index contributed by atoms with van der Waals surface area (Å²) < 4.78 is 10.7. The summed E-state index contributed by atoms with van der Waals surface area (Å²) in [4.78, 5) is 0. The fourth-order valence-corrected chi connectivity index (χ4v) is 1.61. The molecule has 1 fully saturated rings. The van der Waals surface area contributed by atoms with Gasteiger partial charge in [0.1, 0.15) is 0 Å². The number of benzene rings is 1. The van der Waals surface area contributed by atoms with E-state index in [2.05, 4.69) is 12.1 Å². The molecule has 0 unspecified atom stereocenters. The predicted octanol–water partition coefficient (Wildman–Crippen LogP) is 0.631. The second-order valence-electron chi connectivity index (χ2n) is 3.46. The van der Waals surface area contributed by atoms with E-state index < -0.39 is 0 Å². The largest absolute Gasteiger partial charge is 0.475 e. The number of hydrogen-bond acceptors (Lipinski definition) is 3. The number of hydrogen-bond donors (Lipinski definition) is 1. The van der Waals surface area contributed by atoms with Gasteiger partial charge in [0.15, 0.2) is 0 Å². The van der Waals surface area contributed by atoms with Gasteiger partial charge in [-0.05, 0) is 12.0 Å². The van der Waals surface area contributed by atoms with E-state index in [0.29, 0.717) is 13.2 Å². The summed E-state index contributed by atoms with van der Waals surface area (Å²) in [5, 5.41) is 0. The minimum atomic E-state index is -0.227. The van der Waals surface area contributed by atoms with Crippen LogP contribution in [0, 0.1) is 0 Å². The number of rotatable bonds is 3. The zero-order valence-electron chi connectivity index (χ0n) is 8.06. The molecule has 0 aromatic heterocycles. The maximum Gasteiger partial charge on any atom is 0.475 e. The van der Waals surface area contributed by atoms with Crippen molar-refractivity contribution in [2.75, 3.05) is 13.2 Å². The molecule has 1 atom stereocenters. The SMILES string of the molecule is N[C@H](Cc1ccccc1)B1OCCO1. The molecule has 0 radical (unpaired) electrons. The Labute approximate surface area is 84.3 Å². The summed E-state index contributed by atoms with van der Waals surface area (Å²) in [5.74, 6) is -0.0695. The van der Waals surface area contributed by atoms with E-state index >= 15 is 0 Å². The fraction of sp³-hybridized carbons (Fsp3) is 0.400. The Morgan fingerprint density at radius 3 is 2.50 bits per heavy atom. The maximum atomic E-state index is 5.96. The zero-order valence-corrected chi connectivity index (χ0v) is 8.06. The van der Waals surface area contributed by atoms with Gasteiger partial charge in [-0.25, -0.2) is 0 Å². The molecule has 1 aliphatic rings. The van der Waals surface area contributed by atoms with Gasteiger partial charge in [-0.1, -0.05) is 30.3 Å². The van der Waals surface area contributed by atoms with E-state index in [9.17, 15) is 0 Å². The van der Waals surface area contributed by atoms with Crippen molar-refractivity contribution in [2.45, 2.75) is 12.4 Å². The van der Waals surface area contributed by atoms with Gasteiger partial charge in [-0.2, -0.15) is 0 Å². The normalized spacial score (nSPS) is 18.5. The maximum absolute atomic E-state index is 5.96. The fourth-order valence-electron chi connectivity index (χ4n) is 1.61. The van der Waals surface area contributed by atoms with Crippen LogP contribution >= 0.6 is 0 Å². The van der Waals surface area contributed by atoms with Crippen molar-refractivity contribution in [2.24, 2.45) is 5.73 Å². The third-order valence-corrected chi connectivity index (χ3v) is 2.31. The Bertz CT molecular complexity index is 275. The highest BCUT2D eigenvalue weighted by Crippen LogP contribution is 2.08. The molecule has 1 saturated heterocycles. The first kappa shape index (κ1) is 9.71. The Morgan fingerprint density at radius 2 is 1.86 bits per heavy atom. The standard InChI is InChI=1S/C10H14BNO2/c12-10(11-13-6-7-14-11)8-9-4-2-1-3-5-9/h1-5,10H,6-8,12H2/t10-/m1/s1. The molecule has 1 heterocycles. The molecule has 14 heavy (non-hydrogen) atoms. The summed E-state index contributed by atoms with van der Waals surface area (Å²) in [6, 6.07) is 10.2. The zero-order chi connectivity index (χ0) is 9.80. The average molecular weight is 191 g/mol. The Balaban J connectivity index is 1.90. The van der Waals surface area contributed by atoms with Gasteiger partial charge >= 0.3 is 7.12 Å². The molecule has 1 aromatic carbocycles. The van der Waals surface area contributed by atoms with Crippen LogP contribution in [0.5, 0.6) is 0 Å². The molecule has 2 N–H and O–H groups in total. The van der Waals surface area contributed by atoms with Crippen LogP contribution in [0.4, 0.5) is 0 Å². The molecule has 0 bridgehead atoms. The van der Waals surface area contributed by atoms with Crippen molar-refractivity contribution in [3.8, 4) is 0 Å². The minimum Gasteiger partial charge on any atom is -0.408 e. The van der Waals surface area contributed by atoms with Crippen molar-refractivity contribution in [1.82, 2.24) is 0 Å². The highest BCUT2D eigenvalue weighted by molar-refractivity contribution is 6.47. The number of nitrogens with two attached hydrogens (primary N) is 1. The lowest BCUT2D eigenvalue weighted by atomic mass is 9.76. The highest BCUT2D eigenvalue weighted by Gasteiger charge is 2.30. The summed E-state index contributed by atoms with van der Waals surface area (Å²) >= 11 is 0. The van der Waals surface area contributed by atoms with E-state index in [4.69, 9.17) is 15.0 Å². The first-order chi connectivity index (χ1) is 6.86. The third-order valence-electron chi connectivity index (χ3n) is 2.31. The Hall–Kier alpha value is -0.835. The van der Waals surface area contributed by atoms with Gasteiger partial charge in [0, 0.05) is 5.94 Å². The molecule has 3 nitrogen and oxygen atoms in total. The molecule has 0 aliphatic carbocycles. The van der Waals surface area contributed by atoms with Crippen LogP contribution in [0.15, 0.2) is 30.3 Å². The lowest BCUT2D eigenvalue weighted by Crippen LogP contribution is -2.41. The second kappa shape index (κ2) is 4.60. The molecule has 2 rings (SSSR count). The lowest BCUT2D eigenvalue weighted by molar-refractivity contribution is 0.358. The molecule has 1 aromatic rings. The second-order valence-corrected chi connectivity index (χ2v) is 3.46.